The van der Waals surface area contributed by atoms with Gasteiger partial charge in [-0.25, -0.2) is 4.98 Å². The first-order chi connectivity index (χ1) is 11.6. The highest BCUT2D eigenvalue weighted by atomic mass is 32.1. The van der Waals surface area contributed by atoms with Gasteiger partial charge in [-0.05, 0) is 36.8 Å². The van der Waals surface area contributed by atoms with E-state index in [1.54, 1.807) is 11.8 Å². The third kappa shape index (κ3) is 3.31. The van der Waals surface area contributed by atoms with Gasteiger partial charge in [0, 0.05) is 18.5 Å². The van der Waals surface area contributed by atoms with Crippen molar-refractivity contribution in [2.75, 3.05) is 18.8 Å². The summed E-state index contributed by atoms with van der Waals surface area (Å²) in [4.78, 5) is 18.8. The molecule has 2 atom stereocenters. The summed E-state index contributed by atoms with van der Waals surface area (Å²) >= 11 is 0.945. The minimum absolute atomic E-state index is 0.159. The predicted octanol–water partition coefficient (Wildman–Crippen LogP) is 4.32. The van der Waals surface area contributed by atoms with E-state index >= 15 is 0 Å². The van der Waals surface area contributed by atoms with Gasteiger partial charge in [-0.2, -0.15) is 13.2 Å². The SMILES string of the molecule is Cc1cc(C(F)(F)F)nc2sc(C(=O)N3C[C@H](C)C[C@@H](C)C3)c(N)c12. The summed E-state index contributed by atoms with van der Waals surface area (Å²) in [5.74, 6) is 0.562. The number of aryl methyl sites for hydroxylation is 1. The molecule has 0 aromatic carbocycles. The summed E-state index contributed by atoms with van der Waals surface area (Å²) in [7, 11) is 0. The maximum Gasteiger partial charge on any atom is 0.433 e. The fourth-order valence-corrected chi connectivity index (χ4v) is 4.73. The third-order valence-electron chi connectivity index (χ3n) is 4.54. The van der Waals surface area contributed by atoms with E-state index < -0.39 is 11.9 Å². The van der Waals surface area contributed by atoms with Crippen LogP contribution in [-0.2, 0) is 6.18 Å². The Morgan fingerprint density at radius 1 is 1.32 bits per heavy atom. The number of amides is 1. The lowest BCUT2D eigenvalue weighted by atomic mass is 9.92. The van der Waals surface area contributed by atoms with E-state index in [1.165, 1.54) is 0 Å². The summed E-state index contributed by atoms with van der Waals surface area (Å²) in [5.41, 5.74) is 5.77. The quantitative estimate of drug-likeness (QED) is 0.812. The first-order valence-corrected chi connectivity index (χ1v) is 8.95. The number of alkyl halides is 3. The number of fused-ring (bicyclic) bond motifs is 1. The van der Waals surface area contributed by atoms with E-state index in [1.807, 2.05) is 0 Å². The van der Waals surface area contributed by atoms with Crippen molar-refractivity contribution < 1.29 is 18.0 Å². The number of carbonyl (C=O) groups is 1. The molecular weight excluding hydrogens is 351 g/mol. The Morgan fingerprint density at radius 3 is 2.48 bits per heavy atom. The van der Waals surface area contributed by atoms with Gasteiger partial charge in [0.1, 0.15) is 15.4 Å². The maximum atomic E-state index is 13.0. The van der Waals surface area contributed by atoms with Gasteiger partial charge in [0.15, 0.2) is 0 Å². The lowest BCUT2D eigenvalue weighted by Crippen LogP contribution is -2.42. The molecule has 3 rings (SSSR count). The average molecular weight is 371 g/mol. The van der Waals surface area contributed by atoms with Crippen LogP contribution in [-0.4, -0.2) is 28.9 Å². The molecule has 2 N–H and O–H groups in total. The number of nitrogen functional groups attached to an aromatic ring is 1. The second-order valence-electron chi connectivity index (χ2n) is 7.00. The summed E-state index contributed by atoms with van der Waals surface area (Å²) in [6.07, 6.45) is -3.47. The number of hydrogen-bond donors (Lipinski definition) is 1. The lowest BCUT2D eigenvalue weighted by Gasteiger charge is -2.34. The van der Waals surface area contributed by atoms with E-state index in [4.69, 9.17) is 5.73 Å². The molecule has 0 unspecified atom stereocenters. The monoisotopic (exact) mass is 371 g/mol. The Labute approximate surface area is 147 Å². The van der Waals surface area contributed by atoms with Crippen molar-refractivity contribution in [2.45, 2.75) is 33.4 Å². The molecule has 0 radical (unpaired) electrons. The normalized spacial score (nSPS) is 21.8. The molecule has 1 amide bonds. The number of carbonyl (C=O) groups excluding carboxylic acids is 1. The summed E-state index contributed by atoms with van der Waals surface area (Å²) in [6.45, 7) is 7.01. The number of hydrogen-bond acceptors (Lipinski definition) is 4. The number of nitrogens with zero attached hydrogens (tertiary/aromatic N) is 2. The van der Waals surface area contributed by atoms with Crippen LogP contribution in [0.5, 0.6) is 0 Å². The molecule has 1 aliphatic rings. The van der Waals surface area contributed by atoms with Gasteiger partial charge in [0.05, 0.1) is 5.69 Å². The summed E-state index contributed by atoms with van der Waals surface area (Å²) in [6, 6.07) is 0.977. The van der Waals surface area contributed by atoms with Crippen LogP contribution in [0.2, 0.25) is 0 Å². The number of piperidine rings is 1. The number of nitrogens with two attached hydrogens (primary N) is 1. The fourth-order valence-electron chi connectivity index (χ4n) is 3.59. The number of pyridine rings is 1. The molecule has 4 nitrogen and oxygen atoms in total. The van der Waals surface area contributed by atoms with Gasteiger partial charge >= 0.3 is 6.18 Å². The zero-order chi connectivity index (χ0) is 18.5. The van der Waals surface area contributed by atoms with Crippen molar-refractivity contribution in [1.82, 2.24) is 9.88 Å². The smallest absolute Gasteiger partial charge is 0.397 e. The number of halogens is 3. The second-order valence-corrected chi connectivity index (χ2v) is 8.00. The number of rotatable bonds is 1. The Hall–Kier alpha value is -1.83. The van der Waals surface area contributed by atoms with E-state index in [0.717, 1.165) is 23.8 Å². The predicted molar refractivity (Wildman–Crippen MR) is 92.6 cm³/mol. The molecule has 8 heteroatoms. The largest absolute Gasteiger partial charge is 0.433 e. The summed E-state index contributed by atoms with van der Waals surface area (Å²) in [5, 5.41) is 0.444. The first-order valence-electron chi connectivity index (χ1n) is 8.14. The molecular formula is C17H20F3N3OS. The number of anilines is 1. The maximum absolute atomic E-state index is 13.0. The van der Waals surface area contributed by atoms with Gasteiger partial charge in [-0.1, -0.05) is 13.8 Å². The van der Waals surface area contributed by atoms with Crippen LogP contribution in [0.4, 0.5) is 18.9 Å². The van der Waals surface area contributed by atoms with Crippen molar-refractivity contribution in [3.8, 4) is 0 Å². The van der Waals surface area contributed by atoms with Crippen molar-refractivity contribution in [3.63, 3.8) is 0 Å². The van der Waals surface area contributed by atoms with E-state index in [2.05, 4.69) is 18.8 Å². The highest BCUT2D eigenvalue weighted by Crippen LogP contribution is 2.39. The molecule has 0 aliphatic carbocycles. The molecule has 3 heterocycles. The van der Waals surface area contributed by atoms with Crippen molar-refractivity contribution in [2.24, 2.45) is 11.8 Å². The van der Waals surface area contributed by atoms with Crippen LogP contribution in [0.1, 0.15) is 41.2 Å². The Bertz CT molecular complexity index is 821. The van der Waals surface area contributed by atoms with Crippen molar-refractivity contribution in [1.29, 1.82) is 0 Å². The average Bonchev–Trinajstić information content (AvgIpc) is 2.82. The van der Waals surface area contributed by atoms with Crippen LogP contribution in [0, 0.1) is 18.8 Å². The van der Waals surface area contributed by atoms with Gasteiger partial charge < -0.3 is 10.6 Å². The van der Waals surface area contributed by atoms with Gasteiger partial charge in [0.25, 0.3) is 5.91 Å². The molecule has 0 saturated carbocycles. The molecule has 2 aromatic rings. The fraction of sp³-hybridized carbons (Fsp3) is 0.529. The molecule has 1 fully saturated rings. The molecule has 0 bridgehead atoms. The topological polar surface area (TPSA) is 59.2 Å². The lowest BCUT2D eigenvalue weighted by molar-refractivity contribution is -0.141. The highest BCUT2D eigenvalue weighted by molar-refractivity contribution is 7.21. The number of thiophene rings is 1. The molecule has 25 heavy (non-hydrogen) atoms. The third-order valence-corrected chi connectivity index (χ3v) is 5.62. The standard InChI is InChI=1S/C17H20F3N3OS/c1-8-4-9(2)7-23(6-8)16(24)14-13(21)12-10(3)5-11(17(18,19)20)22-15(12)25-14/h5,8-9H,4,6-7,21H2,1-3H3/t8-,9-/m1/s1. The minimum Gasteiger partial charge on any atom is -0.397 e. The molecule has 0 spiro atoms. The van der Waals surface area contributed by atoms with Gasteiger partial charge in [-0.3, -0.25) is 4.79 Å². The first kappa shape index (κ1) is 18.0. The van der Waals surface area contributed by atoms with Gasteiger partial charge in [0.2, 0.25) is 0 Å². The zero-order valence-corrected chi connectivity index (χ0v) is 15.1. The van der Waals surface area contributed by atoms with Crippen LogP contribution < -0.4 is 5.73 Å². The van der Waals surface area contributed by atoms with Crippen LogP contribution >= 0.6 is 11.3 Å². The highest BCUT2D eigenvalue weighted by Gasteiger charge is 2.35. The second kappa shape index (κ2) is 6.16. The molecule has 1 saturated heterocycles. The zero-order valence-electron chi connectivity index (χ0n) is 14.3. The van der Waals surface area contributed by atoms with Crippen LogP contribution in [0.25, 0.3) is 10.2 Å². The summed E-state index contributed by atoms with van der Waals surface area (Å²) < 4.78 is 38.9. The number of likely N-dealkylation sites (tertiary alicyclic amines) is 1. The van der Waals surface area contributed by atoms with Crippen molar-refractivity contribution >= 4 is 33.1 Å². The molecule has 136 valence electrons. The Balaban J connectivity index is 2.04. The van der Waals surface area contributed by atoms with E-state index in [-0.39, 0.29) is 21.3 Å². The van der Waals surface area contributed by atoms with Crippen molar-refractivity contribution in [3.05, 3.63) is 22.2 Å². The van der Waals surface area contributed by atoms with E-state index in [0.29, 0.717) is 35.9 Å². The number of aromatic nitrogens is 1. The van der Waals surface area contributed by atoms with E-state index in [9.17, 15) is 18.0 Å². The van der Waals surface area contributed by atoms with Crippen LogP contribution in [0.15, 0.2) is 6.07 Å². The minimum atomic E-state index is -4.53. The Morgan fingerprint density at radius 2 is 1.92 bits per heavy atom. The molecule has 2 aromatic heterocycles. The molecule has 1 aliphatic heterocycles. The van der Waals surface area contributed by atoms with Gasteiger partial charge in [-0.15, -0.1) is 11.3 Å². The van der Waals surface area contributed by atoms with Crippen LogP contribution in [0.3, 0.4) is 0 Å². The Kier molecular flexibility index (Phi) is 4.43.